The molecule has 0 spiro atoms. The Hall–Kier alpha value is -1.43. The molecule has 15 heavy (non-hydrogen) atoms. The fraction of sp³-hybridized carbons (Fsp3) is 0.667. The van der Waals surface area contributed by atoms with E-state index in [2.05, 4.69) is 20.5 Å². The number of nitrogens with zero attached hydrogens (tertiary/aromatic N) is 2. The lowest BCUT2D eigenvalue weighted by molar-refractivity contribution is 0.0876. The Balaban J connectivity index is 2.63. The smallest absolute Gasteiger partial charge is 0.289 e. The first-order chi connectivity index (χ1) is 7.11. The number of H-pyrrole nitrogens is 1. The summed E-state index contributed by atoms with van der Waals surface area (Å²) in [7, 11) is 0. The maximum absolute atomic E-state index is 11.6. The van der Waals surface area contributed by atoms with Gasteiger partial charge in [-0.25, -0.2) is 4.98 Å². The first kappa shape index (κ1) is 11.6. The molecular weight excluding hydrogens is 196 g/mol. The molecule has 0 saturated heterocycles. The molecule has 1 rings (SSSR count). The third-order valence-corrected chi connectivity index (χ3v) is 2.49. The van der Waals surface area contributed by atoms with Gasteiger partial charge in [-0.05, 0) is 19.8 Å². The summed E-state index contributed by atoms with van der Waals surface area (Å²) in [5, 5.41) is 17.8. The quantitative estimate of drug-likeness (QED) is 0.645. The summed E-state index contributed by atoms with van der Waals surface area (Å²) in [5.74, 6) is -0.113. The molecule has 3 N–H and O–H groups in total. The first-order valence-electron chi connectivity index (χ1n) is 4.90. The fourth-order valence-electron chi connectivity index (χ4n) is 1.22. The van der Waals surface area contributed by atoms with Gasteiger partial charge >= 0.3 is 0 Å². The standard InChI is InChI=1S/C9H16N4O2/c1-3-9(2,4-5-14)12-8(15)7-10-6-11-13-7/h6,14H,3-5H2,1-2H3,(H,12,15)(H,10,11,13). The highest BCUT2D eigenvalue weighted by Crippen LogP contribution is 2.13. The number of hydrogen-bond donors (Lipinski definition) is 3. The van der Waals surface area contributed by atoms with E-state index in [0.29, 0.717) is 6.42 Å². The van der Waals surface area contributed by atoms with Crippen LogP contribution in [0.25, 0.3) is 0 Å². The summed E-state index contributed by atoms with van der Waals surface area (Å²) < 4.78 is 0. The van der Waals surface area contributed by atoms with E-state index < -0.39 is 5.54 Å². The van der Waals surface area contributed by atoms with Crippen LogP contribution in [0.3, 0.4) is 0 Å². The molecule has 0 aliphatic heterocycles. The Morgan fingerprint density at radius 2 is 2.47 bits per heavy atom. The van der Waals surface area contributed by atoms with Gasteiger partial charge in [-0.1, -0.05) is 6.92 Å². The van der Waals surface area contributed by atoms with Crippen LogP contribution in [0.5, 0.6) is 0 Å². The van der Waals surface area contributed by atoms with Crippen LogP contribution in [0, 0.1) is 0 Å². The summed E-state index contributed by atoms with van der Waals surface area (Å²) in [6.45, 7) is 3.88. The van der Waals surface area contributed by atoms with E-state index in [9.17, 15) is 4.79 Å². The van der Waals surface area contributed by atoms with Crippen molar-refractivity contribution in [1.29, 1.82) is 0 Å². The first-order valence-corrected chi connectivity index (χ1v) is 4.90. The van der Waals surface area contributed by atoms with Crippen molar-refractivity contribution in [3.05, 3.63) is 12.2 Å². The average Bonchev–Trinajstić information content (AvgIpc) is 2.71. The van der Waals surface area contributed by atoms with E-state index in [1.165, 1.54) is 6.33 Å². The van der Waals surface area contributed by atoms with Crippen LogP contribution in [0.4, 0.5) is 0 Å². The number of nitrogens with one attached hydrogen (secondary N) is 2. The minimum absolute atomic E-state index is 0.0427. The van der Waals surface area contributed by atoms with Gasteiger partial charge in [0, 0.05) is 12.1 Å². The largest absolute Gasteiger partial charge is 0.396 e. The molecule has 84 valence electrons. The predicted octanol–water partition coefficient (Wildman–Crippen LogP) is 0.0856. The molecule has 6 nitrogen and oxygen atoms in total. The van der Waals surface area contributed by atoms with E-state index in [1.54, 1.807) is 0 Å². The van der Waals surface area contributed by atoms with Gasteiger partial charge in [-0.2, -0.15) is 5.10 Å². The van der Waals surface area contributed by atoms with Crippen LogP contribution in [0.15, 0.2) is 6.33 Å². The molecule has 1 unspecified atom stereocenters. The molecule has 0 aromatic carbocycles. The Kier molecular flexibility index (Phi) is 3.79. The Bertz CT molecular complexity index is 312. The Labute approximate surface area is 88.1 Å². The minimum Gasteiger partial charge on any atom is -0.396 e. The lowest BCUT2D eigenvalue weighted by atomic mass is 9.95. The number of aromatic nitrogens is 3. The fourth-order valence-corrected chi connectivity index (χ4v) is 1.22. The minimum atomic E-state index is -0.404. The molecule has 0 radical (unpaired) electrons. The lowest BCUT2D eigenvalue weighted by Gasteiger charge is -2.28. The second kappa shape index (κ2) is 4.88. The van der Waals surface area contributed by atoms with Gasteiger partial charge in [0.1, 0.15) is 6.33 Å². The van der Waals surface area contributed by atoms with Crippen LogP contribution in [-0.4, -0.2) is 38.3 Å². The topological polar surface area (TPSA) is 90.9 Å². The zero-order valence-corrected chi connectivity index (χ0v) is 8.95. The summed E-state index contributed by atoms with van der Waals surface area (Å²) in [6.07, 6.45) is 2.54. The number of amides is 1. The SMILES string of the molecule is CCC(C)(CCO)NC(=O)c1ncn[nH]1. The van der Waals surface area contributed by atoms with Crippen molar-refractivity contribution in [3.8, 4) is 0 Å². The maximum Gasteiger partial charge on any atom is 0.289 e. The third-order valence-electron chi connectivity index (χ3n) is 2.49. The zero-order valence-electron chi connectivity index (χ0n) is 8.95. The van der Waals surface area contributed by atoms with Crippen molar-refractivity contribution in [2.24, 2.45) is 0 Å². The Morgan fingerprint density at radius 1 is 1.73 bits per heavy atom. The van der Waals surface area contributed by atoms with Crippen molar-refractivity contribution in [2.75, 3.05) is 6.61 Å². The third kappa shape index (κ3) is 3.02. The van der Waals surface area contributed by atoms with Crippen molar-refractivity contribution in [3.63, 3.8) is 0 Å². The molecule has 1 aromatic heterocycles. The second-order valence-corrected chi connectivity index (χ2v) is 3.68. The van der Waals surface area contributed by atoms with Crippen molar-refractivity contribution in [1.82, 2.24) is 20.5 Å². The van der Waals surface area contributed by atoms with Gasteiger partial charge < -0.3 is 10.4 Å². The summed E-state index contributed by atoms with van der Waals surface area (Å²) >= 11 is 0. The number of aliphatic hydroxyl groups is 1. The van der Waals surface area contributed by atoms with E-state index in [1.807, 2.05) is 13.8 Å². The van der Waals surface area contributed by atoms with Crippen LogP contribution < -0.4 is 5.32 Å². The van der Waals surface area contributed by atoms with E-state index in [-0.39, 0.29) is 18.3 Å². The van der Waals surface area contributed by atoms with E-state index in [0.717, 1.165) is 6.42 Å². The van der Waals surface area contributed by atoms with Crippen molar-refractivity contribution < 1.29 is 9.90 Å². The van der Waals surface area contributed by atoms with Crippen LogP contribution >= 0.6 is 0 Å². The summed E-state index contributed by atoms with van der Waals surface area (Å²) in [5.41, 5.74) is -0.404. The highest BCUT2D eigenvalue weighted by atomic mass is 16.3. The average molecular weight is 212 g/mol. The van der Waals surface area contributed by atoms with Crippen molar-refractivity contribution in [2.45, 2.75) is 32.2 Å². The Morgan fingerprint density at radius 3 is 2.93 bits per heavy atom. The molecule has 0 saturated carbocycles. The number of rotatable bonds is 5. The van der Waals surface area contributed by atoms with Gasteiger partial charge in [-0.15, -0.1) is 0 Å². The molecule has 0 aliphatic rings. The summed E-state index contributed by atoms with van der Waals surface area (Å²) in [6, 6.07) is 0. The highest BCUT2D eigenvalue weighted by molar-refractivity contribution is 5.90. The van der Waals surface area contributed by atoms with Crippen molar-refractivity contribution >= 4 is 5.91 Å². The number of aliphatic hydroxyl groups excluding tert-OH is 1. The van der Waals surface area contributed by atoms with E-state index in [4.69, 9.17) is 5.11 Å². The van der Waals surface area contributed by atoms with E-state index >= 15 is 0 Å². The predicted molar refractivity (Wildman–Crippen MR) is 54.2 cm³/mol. The number of carbonyl (C=O) groups excluding carboxylic acids is 1. The molecular formula is C9H16N4O2. The number of carbonyl (C=O) groups is 1. The molecule has 1 heterocycles. The maximum atomic E-state index is 11.6. The van der Waals surface area contributed by atoms with Crippen LogP contribution in [0.1, 0.15) is 37.3 Å². The van der Waals surface area contributed by atoms with Gasteiger partial charge in [-0.3, -0.25) is 9.89 Å². The molecule has 1 aromatic rings. The van der Waals surface area contributed by atoms with Crippen LogP contribution in [-0.2, 0) is 0 Å². The molecule has 0 aliphatic carbocycles. The molecule has 0 fully saturated rings. The number of hydrogen-bond acceptors (Lipinski definition) is 4. The normalized spacial score (nSPS) is 14.6. The van der Waals surface area contributed by atoms with Gasteiger partial charge in [0.2, 0.25) is 5.82 Å². The molecule has 6 heteroatoms. The number of aromatic amines is 1. The lowest BCUT2D eigenvalue weighted by Crippen LogP contribution is -2.46. The highest BCUT2D eigenvalue weighted by Gasteiger charge is 2.25. The monoisotopic (exact) mass is 212 g/mol. The zero-order chi connectivity index (χ0) is 11.3. The molecule has 1 atom stereocenters. The van der Waals surface area contributed by atoms with Crippen LogP contribution in [0.2, 0.25) is 0 Å². The molecule has 1 amide bonds. The van der Waals surface area contributed by atoms with Gasteiger partial charge in [0.25, 0.3) is 5.91 Å². The van der Waals surface area contributed by atoms with Gasteiger partial charge in [0.05, 0.1) is 0 Å². The second-order valence-electron chi connectivity index (χ2n) is 3.68. The molecule has 0 bridgehead atoms. The van der Waals surface area contributed by atoms with Gasteiger partial charge in [0.15, 0.2) is 0 Å². The summed E-state index contributed by atoms with van der Waals surface area (Å²) in [4.78, 5) is 15.4.